The summed E-state index contributed by atoms with van der Waals surface area (Å²) in [7, 11) is 0. The predicted octanol–water partition coefficient (Wildman–Crippen LogP) is 3.84. The second-order valence-corrected chi connectivity index (χ2v) is 5.58. The Hall–Kier alpha value is -1.30. The van der Waals surface area contributed by atoms with Crippen LogP contribution in [-0.4, -0.2) is 22.7 Å². The number of nitrogens with zero attached hydrogens (tertiary/aromatic N) is 1. The normalized spacial score (nSPS) is 23.0. The third-order valence-electron chi connectivity index (χ3n) is 4.03. The van der Waals surface area contributed by atoms with Gasteiger partial charge in [0.05, 0.1) is 11.7 Å². The third kappa shape index (κ3) is 4.59. The van der Waals surface area contributed by atoms with Crippen LogP contribution in [0.25, 0.3) is 0 Å². The fourth-order valence-corrected chi connectivity index (χ4v) is 2.87. The molecule has 0 radical (unpaired) electrons. The quantitative estimate of drug-likeness (QED) is 0.812. The van der Waals surface area contributed by atoms with E-state index >= 15 is 0 Å². The number of aliphatic hydroxyl groups is 1. The van der Waals surface area contributed by atoms with Crippen LogP contribution < -0.4 is 5.32 Å². The zero-order valence-electron chi connectivity index (χ0n) is 11.9. The van der Waals surface area contributed by atoms with E-state index in [2.05, 4.69) is 10.3 Å². The maximum Gasteiger partial charge on any atom is 0.419 e. The van der Waals surface area contributed by atoms with E-state index in [0.29, 0.717) is 6.54 Å². The molecule has 1 aliphatic rings. The van der Waals surface area contributed by atoms with Crippen molar-refractivity contribution >= 4 is 5.82 Å². The van der Waals surface area contributed by atoms with E-state index in [0.717, 1.165) is 44.6 Å². The highest BCUT2D eigenvalue weighted by molar-refractivity contribution is 5.45. The van der Waals surface area contributed by atoms with Crippen LogP contribution in [0, 0.1) is 5.92 Å². The summed E-state index contributed by atoms with van der Waals surface area (Å²) >= 11 is 0. The van der Waals surface area contributed by atoms with Crippen molar-refractivity contribution in [3.8, 4) is 0 Å². The number of anilines is 1. The van der Waals surface area contributed by atoms with E-state index in [-0.39, 0.29) is 17.8 Å². The summed E-state index contributed by atoms with van der Waals surface area (Å²) in [5, 5.41) is 12.6. The summed E-state index contributed by atoms with van der Waals surface area (Å²) < 4.78 is 38.4. The number of aliphatic hydroxyl groups excluding tert-OH is 1. The van der Waals surface area contributed by atoms with Crippen LogP contribution in [0.1, 0.15) is 44.1 Å². The second-order valence-electron chi connectivity index (χ2n) is 5.58. The summed E-state index contributed by atoms with van der Waals surface area (Å²) in [6.45, 7) is 0.434. The van der Waals surface area contributed by atoms with E-state index in [1.807, 2.05) is 0 Å². The molecule has 0 saturated heterocycles. The van der Waals surface area contributed by atoms with Gasteiger partial charge in [0, 0.05) is 12.7 Å². The standard InChI is InChI=1S/C15H21F3N2O/c16-15(17,18)12-7-4-10-20-14(12)19-9-3-6-11-5-1-2-8-13(11)21/h4,7,10-11,13,21H,1-3,5-6,8-9H2,(H,19,20). The van der Waals surface area contributed by atoms with Crippen molar-refractivity contribution in [1.82, 2.24) is 4.98 Å². The Balaban J connectivity index is 1.81. The van der Waals surface area contributed by atoms with Crippen molar-refractivity contribution in [2.24, 2.45) is 5.92 Å². The highest BCUT2D eigenvalue weighted by Gasteiger charge is 2.34. The van der Waals surface area contributed by atoms with E-state index < -0.39 is 11.7 Å². The first-order valence-electron chi connectivity index (χ1n) is 7.42. The molecular formula is C15H21F3N2O. The zero-order chi connectivity index (χ0) is 15.3. The monoisotopic (exact) mass is 302 g/mol. The SMILES string of the molecule is OC1CCCCC1CCCNc1ncccc1C(F)(F)F. The molecule has 0 bridgehead atoms. The lowest BCUT2D eigenvalue weighted by atomic mass is 9.83. The van der Waals surface area contributed by atoms with Gasteiger partial charge in [-0.3, -0.25) is 0 Å². The molecule has 0 aliphatic heterocycles. The van der Waals surface area contributed by atoms with Gasteiger partial charge in [-0.15, -0.1) is 0 Å². The van der Waals surface area contributed by atoms with Gasteiger partial charge in [0.1, 0.15) is 5.82 Å². The number of nitrogens with one attached hydrogen (secondary N) is 1. The molecule has 1 aromatic rings. The number of rotatable bonds is 5. The first-order valence-corrected chi connectivity index (χ1v) is 7.42. The minimum absolute atomic E-state index is 0.116. The summed E-state index contributed by atoms with van der Waals surface area (Å²) in [6, 6.07) is 2.31. The molecule has 0 aromatic carbocycles. The molecular weight excluding hydrogens is 281 g/mol. The van der Waals surface area contributed by atoms with Gasteiger partial charge in [0.15, 0.2) is 0 Å². The maximum absolute atomic E-state index is 12.8. The molecule has 0 spiro atoms. The largest absolute Gasteiger partial charge is 0.419 e. The molecule has 3 nitrogen and oxygen atoms in total. The Kier molecular flexibility index (Phi) is 5.45. The van der Waals surface area contributed by atoms with Gasteiger partial charge in [-0.05, 0) is 43.7 Å². The van der Waals surface area contributed by atoms with Gasteiger partial charge in [-0.2, -0.15) is 13.2 Å². The van der Waals surface area contributed by atoms with Crippen molar-refractivity contribution in [3.63, 3.8) is 0 Å². The Morgan fingerprint density at radius 2 is 2.05 bits per heavy atom. The van der Waals surface area contributed by atoms with Crippen molar-refractivity contribution < 1.29 is 18.3 Å². The number of halogens is 3. The molecule has 2 rings (SSSR count). The number of hydrogen-bond acceptors (Lipinski definition) is 3. The average molecular weight is 302 g/mol. The maximum atomic E-state index is 12.8. The Morgan fingerprint density at radius 1 is 1.29 bits per heavy atom. The smallest absolute Gasteiger partial charge is 0.393 e. The van der Waals surface area contributed by atoms with Crippen LogP contribution in [0.3, 0.4) is 0 Å². The number of alkyl halides is 3. The highest BCUT2D eigenvalue weighted by atomic mass is 19.4. The van der Waals surface area contributed by atoms with E-state index in [9.17, 15) is 18.3 Å². The lowest BCUT2D eigenvalue weighted by Gasteiger charge is -2.27. The summed E-state index contributed by atoms with van der Waals surface area (Å²) in [5.74, 6) is 0.167. The molecule has 1 aromatic heterocycles. The summed E-state index contributed by atoms with van der Waals surface area (Å²) in [6.07, 6.45) is 2.33. The van der Waals surface area contributed by atoms with Crippen molar-refractivity contribution in [2.75, 3.05) is 11.9 Å². The Labute approximate surface area is 122 Å². The molecule has 6 heteroatoms. The first kappa shape index (κ1) is 16.1. The fourth-order valence-electron chi connectivity index (χ4n) is 2.87. The van der Waals surface area contributed by atoms with Crippen LogP contribution in [-0.2, 0) is 6.18 Å². The lowest BCUT2D eigenvalue weighted by molar-refractivity contribution is -0.137. The molecule has 2 atom stereocenters. The summed E-state index contributed by atoms with van der Waals surface area (Å²) in [4.78, 5) is 3.76. The van der Waals surface area contributed by atoms with Gasteiger partial charge in [0.2, 0.25) is 0 Å². The fraction of sp³-hybridized carbons (Fsp3) is 0.667. The third-order valence-corrected chi connectivity index (χ3v) is 4.03. The molecule has 2 unspecified atom stereocenters. The van der Waals surface area contributed by atoms with Crippen LogP contribution in [0.15, 0.2) is 18.3 Å². The Bertz CT molecular complexity index is 451. The van der Waals surface area contributed by atoms with Crippen LogP contribution >= 0.6 is 0 Å². The molecule has 2 N–H and O–H groups in total. The van der Waals surface area contributed by atoms with Gasteiger partial charge in [0.25, 0.3) is 0 Å². The van der Waals surface area contributed by atoms with E-state index in [4.69, 9.17) is 0 Å². The minimum atomic E-state index is -4.39. The van der Waals surface area contributed by atoms with Crippen LogP contribution in [0.4, 0.5) is 19.0 Å². The van der Waals surface area contributed by atoms with Crippen molar-refractivity contribution in [3.05, 3.63) is 23.9 Å². The highest BCUT2D eigenvalue weighted by Crippen LogP contribution is 2.33. The number of aromatic nitrogens is 1. The van der Waals surface area contributed by atoms with Gasteiger partial charge >= 0.3 is 6.18 Å². The molecule has 1 fully saturated rings. The number of pyridine rings is 1. The summed E-state index contributed by atoms with van der Waals surface area (Å²) in [5.41, 5.74) is -0.734. The second kappa shape index (κ2) is 7.11. The molecule has 21 heavy (non-hydrogen) atoms. The average Bonchev–Trinajstić information content (AvgIpc) is 2.45. The van der Waals surface area contributed by atoms with Crippen LogP contribution in [0.2, 0.25) is 0 Å². The molecule has 1 aliphatic carbocycles. The van der Waals surface area contributed by atoms with Gasteiger partial charge in [-0.25, -0.2) is 4.98 Å². The predicted molar refractivity (Wildman–Crippen MR) is 74.9 cm³/mol. The zero-order valence-corrected chi connectivity index (χ0v) is 11.9. The van der Waals surface area contributed by atoms with Gasteiger partial charge in [-0.1, -0.05) is 12.8 Å². The molecule has 1 heterocycles. The first-order chi connectivity index (χ1) is 9.98. The van der Waals surface area contributed by atoms with Crippen molar-refractivity contribution in [1.29, 1.82) is 0 Å². The molecule has 118 valence electrons. The van der Waals surface area contributed by atoms with Crippen molar-refractivity contribution in [2.45, 2.75) is 50.8 Å². The van der Waals surface area contributed by atoms with Crippen LogP contribution in [0.5, 0.6) is 0 Å². The number of hydrogen-bond donors (Lipinski definition) is 2. The van der Waals surface area contributed by atoms with E-state index in [1.165, 1.54) is 12.3 Å². The molecule has 1 saturated carbocycles. The minimum Gasteiger partial charge on any atom is -0.393 e. The van der Waals surface area contributed by atoms with E-state index in [1.54, 1.807) is 0 Å². The van der Waals surface area contributed by atoms with Gasteiger partial charge < -0.3 is 10.4 Å². The topological polar surface area (TPSA) is 45.1 Å². The lowest BCUT2D eigenvalue weighted by Crippen LogP contribution is -2.25. The Morgan fingerprint density at radius 3 is 2.76 bits per heavy atom. The molecule has 0 amide bonds.